The van der Waals surface area contributed by atoms with Crippen LogP contribution in [0.5, 0.6) is 0 Å². The van der Waals surface area contributed by atoms with Gasteiger partial charge in [0, 0.05) is 12.6 Å². The van der Waals surface area contributed by atoms with Crippen LogP contribution in [-0.2, 0) is 9.53 Å². The molecule has 6 heteroatoms. The maximum Gasteiger partial charge on any atom is 0.245 e. The van der Waals surface area contributed by atoms with Gasteiger partial charge in [0.05, 0.1) is 24.6 Å². The summed E-state index contributed by atoms with van der Waals surface area (Å²) in [5.74, 6) is -0.536. The maximum atomic E-state index is 13.6. The quantitative estimate of drug-likeness (QED) is 0.806. The lowest BCUT2D eigenvalue weighted by Gasteiger charge is -2.37. The number of hydrogen-bond donors (Lipinski definition) is 2. The van der Waals surface area contributed by atoms with Gasteiger partial charge in [-0.05, 0) is 25.0 Å². The van der Waals surface area contributed by atoms with Gasteiger partial charge < -0.3 is 20.7 Å². The zero-order valence-electron chi connectivity index (χ0n) is 11.1. The predicted molar refractivity (Wildman–Crippen MR) is 73.9 cm³/mol. The summed E-state index contributed by atoms with van der Waals surface area (Å²) in [4.78, 5) is 14.1. The Morgan fingerprint density at radius 3 is 3.00 bits per heavy atom. The van der Waals surface area contributed by atoms with Crippen molar-refractivity contribution in [1.82, 2.24) is 5.32 Å². The van der Waals surface area contributed by atoms with E-state index in [4.69, 9.17) is 10.5 Å². The van der Waals surface area contributed by atoms with Crippen LogP contribution >= 0.6 is 0 Å². The van der Waals surface area contributed by atoms with Gasteiger partial charge in [-0.1, -0.05) is 6.07 Å². The molecule has 1 amide bonds. The van der Waals surface area contributed by atoms with E-state index in [1.165, 1.54) is 6.07 Å². The number of benzene rings is 1. The average Bonchev–Trinajstić information content (AvgIpc) is 3.26. The molecule has 2 aliphatic rings. The highest BCUT2D eigenvalue weighted by Crippen LogP contribution is 2.29. The molecule has 1 aromatic carbocycles. The lowest BCUT2D eigenvalue weighted by molar-refractivity contribution is -0.124. The van der Waals surface area contributed by atoms with Crippen LogP contribution in [0.15, 0.2) is 18.2 Å². The van der Waals surface area contributed by atoms with Gasteiger partial charge >= 0.3 is 0 Å². The van der Waals surface area contributed by atoms with Crippen LogP contribution in [0.4, 0.5) is 15.8 Å². The molecule has 0 aromatic heterocycles. The number of amides is 1. The van der Waals surface area contributed by atoms with E-state index in [0.717, 1.165) is 12.8 Å². The van der Waals surface area contributed by atoms with Gasteiger partial charge in [0.15, 0.2) is 0 Å². The van der Waals surface area contributed by atoms with Gasteiger partial charge in [0.25, 0.3) is 0 Å². The number of para-hydroxylation sites is 1. The number of nitrogens with zero attached hydrogens (tertiary/aromatic N) is 1. The minimum atomic E-state index is -0.463. The first-order chi connectivity index (χ1) is 9.66. The van der Waals surface area contributed by atoms with Crippen LogP contribution in [0, 0.1) is 5.82 Å². The van der Waals surface area contributed by atoms with E-state index in [0.29, 0.717) is 25.4 Å². The Morgan fingerprint density at radius 1 is 1.45 bits per heavy atom. The van der Waals surface area contributed by atoms with Gasteiger partial charge in [0.2, 0.25) is 5.91 Å². The molecule has 2 fully saturated rings. The Kier molecular flexibility index (Phi) is 3.48. The molecule has 5 nitrogen and oxygen atoms in total. The Balaban J connectivity index is 1.84. The van der Waals surface area contributed by atoms with Crippen molar-refractivity contribution < 1.29 is 13.9 Å². The van der Waals surface area contributed by atoms with Crippen molar-refractivity contribution in [2.45, 2.75) is 24.9 Å². The van der Waals surface area contributed by atoms with Crippen molar-refractivity contribution in [1.29, 1.82) is 0 Å². The first kappa shape index (κ1) is 13.2. The molecule has 1 aliphatic carbocycles. The Hall–Kier alpha value is -1.82. The number of halogens is 1. The Bertz CT molecular complexity index is 519. The summed E-state index contributed by atoms with van der Waals surface area (Å²) in [5, 5.41) is 2.96. The molecule has 3 rings (SSSR count). The fourth-order valence-electron chi connectivity index (χ4n) is 2.41. The molecule has 3 N–H and O–H groups in total. The first-order valence-electron chi connectivity index (χ1n) is 6.85. The standard InChI is InChI=1S/C14H18FN3O2/c15-10-2-1-3-11(13(10)16)18-6-7-20-8-12(18)14(19)17-9-4-5-9/h1-3,9,12H,4-8,16H2,(H,17,19). The zero-order chi connectivity index (χ0) is 14.1. The molecular weight excluding hydrogens is 261 g/mol. The minimum Gasteiger partial charge on any atom is -0.395 e. The first-order valence-corrected chi connectivity index (χ1v) is 6.85. The third-order valence-corrected chi connectivity index (χ3v) is 3.69. The molecule has 1 aliphatic heterocycles. The second kappa shape index (κ2) is 5.28. The second-order valence-electron chi connectivity index (χ2n) is 5.24. The number of morpholine rings is 1. The second-order valence-corrected chi connectivity index (χ2v) is 5.24. The van der Waals surface area contributed by atoms with Crippen LogP contribution in [0.3, 0.4) is 0 Å². The van der Waals surface area contributed by atoms with Crippen molar-refractivity contribution in [2.75, 3.05) is 30.4 Å². The van der Waals surface area contributed by atoms with Gasteiger partial charge in [-0.15, -0.1) is 0 Å². The largest absolute Gasteiger partial charge is 0.395 e. The topological polar surface area (TPSA) is 67.6 Å². The summed E-state index contributed by atoms with van der Waals surface area (Å²) < 4.78 is 19.0. The molecule has 108 valence electrons. The van der Waals surface area contributed by atoms with Gasteiger partial charge in [-0.2, -0.15) is 0 Å². The van der Waals surface area contributed by atoms with Crippen LogP contribution in [-0.4, -0.2) is 37.7 Å². The van der Waals surface area contributed by atoms with E-state index in [1.54, 1.807) is 12.1 Å². The SMILES string of the molecule is Nc1c(F)cccc1N1CCOCC1C(=O)NC1CC1. The predicted octanol–water partition coefficient (Wildman–Crippen LogP) is 0.892. The van der Waals surface area contributed by atoms with Crippen LogP contribution in [0.25, 0.3) is 0 Å². The highest BCUT2D eigenvalue weighted by Gasteiger charge is 2.34. The highest BCUT2D eigenvalue weighted by atomic mass is 19.1. The van der Waals surface area contributed by atoms with Crippen LogP contribution < -0.4 is 16.0 Å². The summed E-state index contributed by atoms with van der Waals surface area (Å²) >= 11 is 0. The molecule has 1 saturated carbocycles. The summed E-state index contributed by atoms with van der Waals surface area (Å²) in [6.45, 7) is 1.33. The van der Waals surface area contributed by atoms with Crippen LogP contribution in [0.2, 0.25) is 0 Å². The van der Waals surface area contributed by atoms with E-state index in [2.05, 4.69) is 5.32 Å². The summed E-state index contributed by atoms with van der Waals surface area (Å²) in [6, 6.07) is 4.50. The fraction of sp³-hybridized carbons (Fsp3) is 0.500. The van der Waals surface area contributed by atoms with Gasteiger partial charge in [-0.3, -0.25) is 4.79 Å². The van der Waals surface area contributed by atoms with Crippen molar-refractivity contribution in [3.8, 4) is 0 Å². The normalized spacial score (nSPS) is 22.6. The number of carbonyl (C=O) groups excluding carboxylic acids is 1. The summed E-state index contributed by atoms with van der Waals surface area (Å²) in [5.41, 5.74) is 6.44. The van der Waals surface area contributed by atoms with Crippen molar-refractivity contribution in [3.05, 3.63) is 24.0 Å². The molecule has 0 radical (unpaired) electrons. The molecule has 1 saturated heterocycles. The van der Waals surface area contributed by atoms with E-state index >= 15 is 0 Å². The van der Waals surface area contributed by atoms with E-state index in [1.807, 2.05) is 4.90 Å². The minimum absolute atomic E-state index is 0.0733. The number of ether oxygens (including phenoxy) is 1. The Labute approximate surface area is 116 Å². The lowest BCUT2D eigenvalue weighted by atomic mass is 10.1. The molecule has 0 bridgehead atoms. The number of anilines is 2. The van der Waals surface area contributed by atoms with Crippen molar-refractivity contribution in [2.24, 2.45) is 0 Å². The van der Waals surface area contributed by atoms with Crippen LogP contribution in [0.1, 0.15) is 12.8 Å². The molecular formula is C14H18FN3O2. The Morgan fingerprint density at radius 2 is 2.25 bits per heavy atom. The average molecular weight is 279 g/mol. The zero-order valence-corrected chi connectivity index (χ0v) is 11.1. The number of nitrogens with one attached hydrogen (secondary N) is 1. The molecule has 20 heavy (non-hydrogen) atoms. The van der Waals surface area contributed by atoms with E-state index in [9.17, 15) is 9.18 Å². The fourth-order valence-corrected chi connectivity index (χ4v) is 2.41. The van der Waals surface area contributed by atoms with Gasteiger partial charge in [0.1, 0.15) is 11.9 Å². The molecule has 1 aromatic rings. The van der Waals surface area contributed by atoms with Crippen molar-refractivity contribution in [3.63, 3.8) is 0 Å². The number of nitrogens with two attached hydrogens (primary N) is 1. The van der Waals surface area contributed by atoms with Crippen molar-refractivity contribution >= 4 is 17.3 Å². The number of nitrogen functional groups attached to an aromatic ring is 1. The van der Waals surface area contributed by atoms with E-state index in [-0.39, 0.29) is 17.6 Å². The monoisotopic (exact) mass is 279 g/mol. The maximum absolute atomic E-state index is 13.6. The molecule has 1 heterocycles. The molecule has 0 spiro atoms. The number of rotatable bonds is 3. The smallest absolute Gasteiger partial charge is 0.245 e. The summed E-state index contributed by atoms with van der Waals surface area (Å²) in [6.07, 6.45) is 2.06. The summed E-state index contributed by atoms with van der Waals surface area (Å²) in [7, 11) is 0. The number of hydrogen-bond acceptors (Lipinski definition) is 4. The molecule has 1 atom stereocenters. The number of carbonyl (C=O) groups is 1. The third kappa shape index (κ3) is 2.56. The third-order valence-electron chi connectivity index (χ3n) is 3.69. The lowest BCUT2D eigenvalue weighted by Crippen LogP contribution is -2.54. The molecule has 1 unspecified atom stereocenters. The highest BCUT2D eigenvalue weighted by molar-refractivity contribution is 5.87. The van der Waals surface area contributed by atoms with Gasteiger partial charge in [-0.25, -0.2) is 4.39 Å². The van der Waals surface area contributed by atoms with E-state index < -0.39 is 11.9 Å².